The molecule has 0 spiro atoms. The van der Waals surface area contributed by atoms with Crippen molar-refractivity contribution in [3.63, 3.8) is 0 Å². The zero-order valence-corrected chi connectivity index (χ0v) is 29.2. The van der Waals surface area contributed by atoms with Crippen LogP contribution in [0, 0.1) is 35.0 Å². The molecule has 236 valence electrons. The van der Waals surface area contributed by atoms with Crippen molar-refractivity contribution in [1.82, 2.24) is 0 Å². The Labute approximate surface area is 255 Å². The third kappa shape index (κ3) is 8.11. The fourth-order valence-electron chi connectivity index (χ4n) is 9.43. The van der Waals surface area contributed by atoms with E-state index in [0.29, 0.717) is 5.04 Å². The lowest BCUT2D eigenvalue weighted by molar-refractivity contribution is -0.157. The second-order valence-corrected chi connectivity index (χ2v) is 21.2. The summed E-state index contributed by atoms with van der Waals surface area (Å²) in [5.41, 5.74) is 2.05. The van der Waals surface area contributed by atoms with Gasteiger partial charge in [-0.25, -0.2) is 0 Å². The van der Waals surface area contributed by atoms with Crippen LogP contribution in [-0.2, 0) is 14.0 Å². The first-order chi connectivity index (χ1) is 19.4. The molecule has 0 heterocycles. The summed E-state index contributed by atoms with van der Waals surface area (Å²) in [6.07, 6.45) is 27.1. The van der Waals surface area contributed by atoms with E-state index in [2.05, 4.69) is 46.9 Å². The number of hydrogen-bond acceptors (Lipinski definition) is 3. The Balaban J connectivity index is 1.17. The summed E-state index contributed by atoms with van der Waals surface area (Å²) >= 11 is 0. The van der Waals surface area contributed by atoms with Gasteiger partial charge >= 0.3 is 5.97 Å². The molecule has 0 aromatic carbocycles. The number of ether oxygens (including phenoxy) is 1. The van der Waals surface area contributed by atoms with Crippen LogP contribution in [0.25, 0.3) is 0 Å². The van der Waals surface area contributed by atoms with E-state index in [4.69, 9.17) is 9.16 Å². The van der Waals surface area contributed by atoms with Gasteiger partial charge in [0.1, 0.15) is 6.10 Å². The van der Waals surface area contributed by atoms with Crippen molar-refractivity contribution < 1.29 is 14.0 Å². The largest absolute Gasteiger partial charge is 0.462 e. The highest BCUT2D eigenvalue weighted by atomic mass is 28.4. The van der Waals surface area contributed by atoms with Gasteiger partial charge in [0, 0.05) is 18.9 Å². The molecule has 41 heavy (non-hydrogen) atoms. The van der Waals surface area contributed by atoms with Crippen LogP contribution in [0.15, 0.2) is 11.6 Å². The fraction of sp³-hybridized carbons (Fsp3) is 0.919. The minimum absolute atomic E-state index is 0.0765. The molecular formula is C37H66O3Si. The number of carbonyl (C=O) groups excluding carboxylic acids is 1. The molecule has 7 atom stereocenters. The van der Waals surface area contributed by atoms with Crippen LogP contribution in [0.3, 0.4) is 0 Å². The normalized spacial score (nSPS) is 33.5. The third-order valence-electron chi connectivity index (χ3n) is 12.8. The van der Waals surface area contributed by atoms with Crippen molar-refractivity contribution >= 4 is 14.3 Å². The van der Waals surface area contributed by atoms with Gasteiger partial charge in [-0.3, -0.25) is 4.79 Å². The first-order valence-electron chi connectivity index (χ1n) is 17.9. The van der Waals surface area contributed by atoms with Gasteiger partial charge in [-0.2, -0.15) is 0 Å². The van der Waals surface area contributed by atoms with Gasteiger partial charge in [0.15, 0.2) is 8.32 Å². The zero-order valence-electron chi connectivity index (χ0n) is 28.2. The van der Waals surface area contributed by atoms with Crippen LogP contribution in [-0.4, -0.2) is 27.0 Å². The van der Waals surface area contributed by atoms with E-state index in [1.165, 1.54) is 109 Å². The Hall–Kier alpha value is -0.613. The van der Waals surface area contributed by atoms with Gasteiger partial charge in [-0.1, -0.05) is 90.7 Å². The summed E-state index contributed by atoms with van der Waals surface area (Å²) in [6.45, 7) is 16.8. The smallest absolute Gasteiger partial charge is 0.302 e. The number of hydrogen-bond donors (Lipinski definition) is 0. The van der Waals surface area contributed by atoms with Crippen molar-refractivity contribution in [3.05, 3.63) is 11.6 Å². The molecule has 0 saturated heterocycles. The Morgan fingerprint density at radius 3 is 2.27 bits per heavy atom. The molecule has 0 N–H and O–H groups in total. The van der Waals surface area contributed by atoms with E-state index in [0.717, 1.165) is 42.6 Å². The van der Waals surface area contributed by atoms with Crippen molar-refractivity contribution in [1.29, 1.82) is 0 Å². The molecule has 0 unspecified atom stereocenters. The molecular weight excluding hydrogens is 520 g/mol. The van der Waals surface area contributed by atoms with E-state index in [1.54, 1.807) is 6.92 Å². The number of carbonyl (C=O) groups is 1. The number of esters is 1. The van der Waals surface area contributed by atoms with Crippen molar-refractivity contribution in [3.8, 4) is 0 Å². The summed E-state index contributed by atoms with van der Waals surface area (Å²) in [5, 5.41) is 0.322. The Morgan fingerprint density at radius 2 is 1.61 bits per heavy atom. The Bertz CT molecular complexity index is 872. The molecule has 4 rings (SSSR count). The maximum Gasteiger partial charge on any atom is 0.302 e. The van der Waals surface area contributed by atoms with E-state index >= 15 is 0 Å². The molecule has 3 fully saturated rings. The number of allylic oxidation sites excluding steroid dienone is 2. The van der Waals surface area contributed by atoms with Crippen molar-refractivity contribution in [2.24, 2.45) is 35.0 Å². The first kappa shape index (κ1) is 33.3. The average Bonchev–Trinajstić information content (AvgIpc) is 3.23. The van der Waals surface area contributed by atoms with E-state index in [9.17, 15) is 4.79 Å². The molecule has 0 aliphatic heterocycles. The highest BCUT2D eigenvalue weighted by Crippen LogP contribution is 2.64. The van der Waals surface area contributed by atoms with Gasteiger partial charge in [-0.15, -0.1) is 0 Å². The molecule has 0 aromatic heterocycles. The van der Waals surface area contributed by atoms with Crippen LogP contribution < -0.4 is 0 Å². The lowest BCUT2D eigenvalue weighted by Crippen LogP contribution is -2.51. The van der Waals surface area contributed by atoms with Crippen LogP contribution in [0.1, 0.15) is 150 Å². The predicted octanol–water partition coefficient (Wildman–Crippen LogP) is 11.0. The predicted molar refractivity (Wildman–Crippen MR) is 175 cm³/mol. The molecule has 0 aromatic rings. The average molecular weight is 587 g/mol. The van der Waals surface area contributed by atoms with Gasteiger partial charge in [0.25, 0.3) is 0 Å². The summed E-state index contributed by atoms with van der Waals surface area (Å²) in [7, 11) is -1.57. The zero-order chi connectivity index (χ0) is 29.7. The lowest BCUT2D eigenvalue weighted by Gasteiger charge is -2.56. The second kappa shape index (κ2) is 14.4. The molecule has 0 amide bonds. The van der Waals surface area contributed by atoms with Crippen LogP contribution in [0.5, 0.6) is 0 Å². The SMILES string of the molecule is CC(=O)O[C@H]1CC[C@H]2[C@@H]3[C@H](CCCCCCCCCCCO[Si](C)(C)C(C)(C)C)CC4=CCCC[C@@H]4[C@H]3CC[C@]12C. The van der Waals surface area contributed by atoms with Gasteiger partial charge < -0.3 is 9.16 Å². The van der Waals surface area contributed by atoms with Crippen molar-refractivity contribution in [2.45, 2.75) is 174 Å². The summed E-state index contributed by atoms with van der Waals surface area (Å²) < 4.78 is 12.3. The molecule has 3 saturated carbocycles. The standard InChI is InChI=1S/C37H66O3Si/c1-28(38)40-34-23-22-33-35-30(27-29-19-16-17-21-31(29)32(35)24-25-37(33,34)5)20-15-13-11-9-8-10-12-14-18-26-39-41(6,7)36(2,3)4/h19,30-35H,8-18,20-27H2,1-7H3/t30-,31+,32-,33+,34+,35-,37+/m1/s1. The fourth-order valence-corrected chi connectivity index (χ4v) is 10.5. The summed E-state index contributed by atoms with van der Waals surface area (Å²) in [5.74, 6) is 4.14. The minimum Gasteiger partial charge on any atom is -0.462 e. The van der Waals surface area contributed by atoms with Crippen molar-refractivity contribution in [2.75, 3.05) is 6.61 Å². The maximum absolute atomic E-state index is 11.9. The highest BCUT2D eigenvalue weighted by molar-refractivity contribution is 6.74. The molecule has 0 bridgehead atoms. The van der Waals surface area contributed by atoms with Gasteiger partial charge in [0.05, 0.1) is 0 Å². The van der Waals surface area contributed by atoms with E-state index in [-0.39, 0.29) is 17.5 Å². The maximum atomic E-state index is 11.9. The lowest BCUT2D eigenvalue weighted by atomic mass is 9.49. The molecule has 4 aliphatic rings. The van der Waals surface area contributed by atoms with Crippen LogP contribution >= 0.6 is 0 Å². The first-order valence-corrected chi connectivity index (χ1v) is 20.8. The number of unbranched alkanes of at least 4 members (excludes halogenated alkanes) is 8. The topological polar surface area (TPSA) is 35.5 Å². The molecule has 3 nitrogen and oxygen atoms in total. The quantitative estimate of drug-likeness (QED) is 0.0879. The van der Waals surface area contributed by atoms with Crippen LogP contribution in [0.4, 0.5) is 0 Å². The minimum atomic E-state index is -1.57. The summed E-state index contributed by atoms with van der Waals surface area (Å²) in [6, 6.07) is 0. The Kier molecular flexibility index (Phi) is 11.7. The van der Waals surface area contributed by atoms with Gasteiger partial charge in [-0.05, 0) is 112 Å². The molecule has 0 radical (unpaired) electrons. The third-order valence-corrected chi connectivity index (χ3v) is 17.3. The Morgan fingerprint density at radius 1 is 0.951 bits per heavy atom. The monoisotopic (exact) mass is 586 g/mol. The van der Waals surface area contributed by atoms with E-state index in [1.807, 2.05) is 5.57 Å². The molecule has 4 heteroatoms. The van der Waals surface area contributed by atoms with E-state index < -0.39 is 8.32 Å². The molecule has 4 aliphatic carbocycles. The van der Waals surface area contributed by atoms with Gasteiger partial charge in [0.2, 0.25) is 0 Å². The van der Waals surface area contributed by atoms with Crippen LogP contribution in [0.2, 0.25) is 18.1 Å². The second-order valence-electron chi connectivity index (χ2n) is 16.4. The number of fused-ring (bicyclic) bond motifs is 5. The highest BCUT2D eigenvalue weighted by Gasteiger charge is 2.59. The summed E-state index contributed by atoms with van der Waals surface area (Å²) in [4.78, 5) is 11.9. The number of rotatable bonds is 14.